The van der Waals surface area contributed by atoms with Crippen LogP contribution in [0.1, 0.15) is 30.1 Å². The second kappa shape index (κ2) is 6.46. The predicted molar refractivity (Wildman–Crippen MR) is 83.8 cm³/mol. The van der Waals surface area contributed by atoms with Crippen molar-refractivity contribution in [3.63, 3.8) is 0 Å². The Bertz CT molecular complexity index is 738. The quantitative estimate of drug-likeness (QED) is 0.834. The lowest BCUT2D eigenvalue weighted by atomic mass is 10.2. The standard InChI is InChI=1S/C15H15F3N4OS/c1-22-13(9-2-3-9)20-21-14(22)24-8-12(23)19-11-6-4-10(5-7-11)15(16,17)18/h4-7,9H,2-3,8H2,1H3,(H,19,23). The van der Waals surface area contributed by atoms with Crippen molar-refractivity contribution in [2.75, 3.05) is 11.1 Å². The van der Waals surface area contributed by atoms with Crippen molar-refractivity contribution in [1.29, 1.82) is 0 Å². The summed E-state index contributed by atoms with van der Waals surface area (Å²) >= 11 is 1.25. The third-order valence-corrected chi connectivity index (χ3v) is 4.66. The smallest absolute Gasteiger partial charge is 0.325 e. The molecule has 0 aliphatic heterocycles. The van der Waals surface area contributed by atoms with Crippen LogP contribution in [0.15, 0.2) is 29.4 Å². The number of hydrogen-bond acceptors (Lipinski definition) is 4. The minimum atomic E-state index is -4.39. The van der Waals surface area contributed by atoms with E-state index in [2.05, 4.69) is 15.5 Å². The molecule has 1 amide bonds. The third kappa shape index (κ3) is 3.89. The minimum absolute atomic E-state index is 0.109. The van der Waals surface area contributed by atoms with E-state index >= 15 is 0 Å². The summed E-state index contributed by atoms with van der Waals surface area (Å²) in [4.78, 5) is 11.9. The molecule has 2 aromatic rings. The first kappa shape index (κ1) is 16.8. The van der Waals surface area contributed by atoms with Crippen LogP contribution in [0.3, 0.4) is 0 Å². The predicted octanol–water partition coefficient (Wildman–Crippen LogP) is 3.44. The summed E-state index contributed by atoms with van der Waals surface area (Å²) in [7, 11) is 1.86. The van der Waals surface area contributed by atoms with Crippen LogP contribution in [0.25, 0.3) is 0 Å². The maximum absolute atomic E-state index is 12.5. The van der Waals surface area contributed by atoms with Gasteiger partial charge in [-0.2, -0.15) is 13.2 Å². The number of anilines is 1. The summed E-state index contributed by atoms with van der Waals surface area (Å²) in [5.41, 5.74) is -0.424. The zero-order chi connectivity index (χ0) is 17.3. The van der Waals surface area contributed by atoms with E-state index in [1.54, 1.807) is 0 Å². The number of nitrogens with one attached hydrogen (secondary N) is 1. The van der Waals surface area contributed by atoms with Crippen LogP contribution in [0, 0.1) is 0 Å². The highest BCUT2D eigenvalue weighted by Gasteiger charge is 2.30. The van der Waals surface area contributed by atoms with Gasteiger partial charge in [0.05, 0.1) is 11.3 Å². The first-order valence-electron chi connectivity index (χ1n) is 7.34. The van der Waals surface area contributed by atoms with E-state index in [-0.39, 0.29) is 11.7 Å². The molecule has 1 aliphatic carbocycles. The molecule has 5 nitrogen and oxygen atoms in total. The Labute approximate surface area is 140 Å². The van der Waals surface area contributed by atoms with E-state index in [1.165, 1.54) is 23.9 Å². The molecular weight excluding hydrogens is 341 g/mol. The number of benzene rings is 1. The van der Waals surface area contributed by atoms with Crippen molar-refractivity contribution in [1.82, 2.24) is 14.8 Å². The number of hydrogen-bond donors (Lipinski definition) is 1. The third-order valence-electron chi connectivity index (χ3n) is 3.64. The Kier molecular flexibility index (Phi) is 4.53. The number of nitrogens with zero attached hydrogens (tertiary/aromatic N) is 3. The van der Waals surface area contributed by atoms with Crippen LogP contribution in [0.4, 0.5) is 18.9 Å². The maximum atomic E-state index is 12.5. The molecule has 0 bridgehead atoms. The molecule has 1 aromatic heterocycles. The molecule has 1 N–H and O–H groups in total. The Hall–Kier alpha value is -2.03. The van der Waals surface area contributed by atoms with Gasteiger partial charge in [0.15, 0.2) is 5.16 Å². The van der Waals surface area contributed by atoms with Crippen LogP contribution < -0.4 is 5.32 Å². The van der Waals surface area contributed by atoms with Crippen molar-refractivity contribution in [3.05, 3.63) is 35.7 Å². The minimum Gasteiger partial charge on any atom is -0.325 e. The Balaban J connectivity index is 1.54. The normalized spacial score (nSPS) is 14.7. The molecule has 1 fully saturated rings. The molecular formula is C15H15F3N4OS. The summed E-state index contributed by atoms with van der Waals surface area (Å²) in [6.07, 6.45) is -2.15. The lowest BCUT2D eigenvalue weighted by Crippen LogP contribution is -2.15. The summed E-state index contributed by atoms with van der Waals surface area (Å²) in [5.74, 6) is 1.20. The van der Waals surface area contributed by atoms with Crippen molar-refractivity contribution in [2.45, 2.75) is 30.1 Å². The van der Waals surface area contributed by atoms with Crippen molar-refractivity contribution in [3.8, 4) is 0 Å². The first-order chi connectivity index (χ1) is 11.3. The van der Waals surface area contributed by atoms with Crippen LogP contribution in [-0.4, -0.2) is 26.4 Å². The number of rotatable bonds is 5. The molecule has 0 spiro atoms. The largest absolute Gasteiger partial charge is 0.416 e. The fourth-order valence-electron chi connectivity index (χ4n) is 2.22. The van der Waals surface area contributed by atoms with Crippen molar-refractivity contribution in [2.24, 2.45) is 7.05 Å². The van der Waals surface area contributed by atoms with E-state index in [9.17, 15) is 18.0 Å². The molecule has 24 heavy (non-hydrogen) atoms. The van der Waals surface area contributed by atoms with Crippen LogP contribution >= 0.6 is 11.8 Å². The molecule has 0 atom stereocenters. The SMILES string of the molecule is Cn1c(SCC(=O)Nc2ccc(C(F)(F)F)cc2)nnc1C1CC1. The molecule has 1 saturated carbocycles. The molecule has 1 aromatic carbocycles. The van der Waals surface area contributed by atoms with Crippen molar-refractivity contribution < 1.29 is 18.0 Å². The lowest BCUT2D eigenvalue weighted by molar-refractivity contribution is -0.137. The van der Waals surface area contributed by atoms with Crippen LogP contribution in [0.2, 0.25) is 0 Å². The molecule has 1 aliphatic rings. The second-order valence-electron chi connectivity index (χ2n) is 5.59. The molecule has 0 unspecified atom stereocenters. The van der Waals surface area contributed by atoms with Gasteiger partial charge in [0.25, 0.3) is 0 Å². The Morgan fingerprint density at radius 3 is 2.54 bits per heavy atom. The second-order valence-corrected chi connectivity index (χ2v) is 6.53. The number of carbonyl (C=O) groups excluding carboxylic acids is 1. The van der Waals surface area contributed by atoms with Gasteiger partial charge in [-0.1, -0.05) is 11.8 Å². The number of aromatic nitrogens is 3. The topological polar surface area (TPSA) is 59.8 Å². The zero-order valence-electron chi connectivity index (χ0n) is 12.8. The fraction of sp³-hybridized carbons (Fsp3) is 0.400. The first-order valence-corrected chi connectivity index (χ1v) is 8.32. The van der Waals surface area contributed by atoms with E-state index in [1.807, 2.05) is 11.6 Å². The fourth-order valence-corrected chi connectivity index (χ4v) is 2.94. The lowest BCUT2D eigenvalue weighted by Gasteiger charge is -2.08. The average molecular weight is 356 g/mol. The van der Waals surface area contributed by atoms with E-state index in [0.29, 0.717) is 16.8 Å². The number of halogens is 3. The zero-order valence-corrected chi connectivity index (χ0v) is 13.6. The highest BCUT2D eigenvalue weighted by Crippen LogP contribution is 2.39. The number of amides is 1. The van der Waals surface area contributed by atoms with Gasteiger partial charge < -0.3 is 9.88 Å². The molecule has 1 heterocycles. The van der Waals surface area contributed by atoms with E-state index in [0.717, 1.165) is 30.8 Å². The van der Waals surface area contributed by atoms with Gasteiger partial charge in [0.1, 0.15) is 5.82 Å². The Morgan fingerprint density at radius 1 is 1.29 bits per heavy atom. The molecule has 3 rings (SSSR count). The van der Waals surface area contributed by atoms with Gasteiger partial charge in [-0.3, -0.25) is 4.79 Å². The highest BCUT2D eigenvalue weighted by molar-refractivity contribution is 7.99. The monoisotopic (exact) mass is 356 g/mol. The average Bonchev–Trinajstić information content (AvgIpc) is 3.29. The summed E-state index contributed by atoms with van der Waals surface area (Å²) in [6.45, 7) is 0. The molecule has 0 radical (unpaired) electrons. The number of thioether (sulfide) groups is 1. The van der Waals surface area contributed by atoms with Gasteiger partial charge >= 0.3 is 6.18 Å². The summed E-state index contributed by atoms with van der Waals surface area (Å²) in [6, 6.07) is 4.35. The van der Waals surface area contributed by atoms with Gasteiger partial charge in [0.2, 0.25) is 5.91 Å². The van der Waals surface area contributed by atoms with Crippen LogP contribution in [-0.2, 0) is 18.0 Å². The Morgan fingerprint density at radius 2 is 1.96 bits per heavy atom. The van der Waals surface area contributed by atoms with Crippen LogP contribution in [0.5, 0.6) is 0 Å². The number of carbonyl (C=O) groups is 1. The van der Waals surface area contributed by atoms with Gasteiger partial charge in [-0.15, -0.1) is 10.2 Å². The van der Waals surface area contributed by atoms with E-state index in [4.69, 9.17) is 0 Å². The van der Waals surface area contributed by atoms with Crippen molar-refractivity contribution >= 4 is 23.4 Å². The summed E-state index contributed by atoms with van der Waals surface area (Å²) < 4.78 is 39.3. The van der Waals surface area contributed by atoms with Gasteiger partial charge in [0, 0.05) is 18.7 Å². The highest BCUT2D eigenvalue weighted by atomic mass is 32.2. The van der Waals surface area contributed by atoms with Gasteiger partial charge in [-0.05, 0) is 37.1 Å². The maximum Gasteiger partial charge on any atom is 0.416 e. The number of alkyl halides is 3. The summed E-state index contributed by atoms with van der Waals surface area (Å²) in [5, 5.41) is 11.4. The molecule has 9 heteroatoms. The van der Waals surface area contributed by atoms with E-state index < -0.39 is 11.7 Å². The molecule has 128 valence electrons. The van der Waals surface area contributed by atoms with Gasteiger partial charge in [-0.25, -0.2) is 0 Å². The molecule has 0 saturated heterocycles.